The molecule has 0 saturated heterocycles. The van der Waals surface area contributed by atoms with E-state index in [2.05, 4.69) is 60.8 Å². The van der Waals surface area contributed by atoms with Crippen LogP contribution in [0.15, 0.2) is 41.6 Å². The molecule has 0 saturated carbocycles. The van der Waals surface area contributed by atoms with Gasteiger partial charge < -0.3 is 15.1 Å². The van der Waals surface area contributed by atoms with Crippen molar-refractivity contribution in [1.82, 2.24) is 4.57 Å². The molecule has 2 N–H and O–H groups in total. The molecule has 2 aromatic carbocycles. The Hall–Kier alpha value is -2.82. The summed E-state index contributed by atoms with van der Waals surface area (Å²) in [6.07, 6.45) is 17.1. The topological polar surface area (TPSA) is 69.6 Å². The number of carbonyl (C=O) groups is 1. The lowest BCUT2D eigenvalue weighted by Gasteiger charge is -2.17. The number of unbranched alkanes of at least 4 members (excludes halogenated alkanes) is 9. The minimum atomic E-state index is -0.386. The van der Waals surface area contributed by atoms with Crippen LogP contribution in [-0.2, 0) is 16.2 Å². The Labute approximate surface area is 236 Å². The van der Waals surface area contributed by atoms with Gasteiger partial charge in [-0.25, -0.2) is 4.79 Å². The fourth-order valence-corrected chi connectivity index (χ4v) is 5.64. The summed E-state index contributed by atoms with van der Waals surface area (Å²) in [6, 6.07) is 12.8. The fraction of sp³-hybridized carbons (Fsp3) is 0.588. The molecule has 5 heteroatoms. The predicted octanol–water partition coefficient (Wildman–Crippen LogP) is 9.78. The van der Waals surface area contributed by atoms with Crippen molar-refractivity contribution in [3.8, 4) is 0 Å². The molecule has 1 heterocycles. The minimum Gasteiger partial charge on any atom is -0.399 e. The SMILES string of the molecule is CCCCCCCCCCC/C(=N\OC(C)=O)c1ccc2c(c1)c1cc(N)ccc1n2CC(CC)CCCC. The molecule has 0 aliphatic heterocycles. The van der Waals surface area contributed by atoms with Gasteiger partial charge in [0.15, 0.2) is 0 Å². The van der Waals surface area contributed by atoms with Gasteiger partial charge in [-0.1, -0.05) is 103 Å². The Morgan fingerprint density at radius 3 is 2.10 bits per heavy atom. The Kier molecular flexibility index (Phi) is 12.9. The molecule has 0 bridgehead atoms. The van der Waals surface area contributed by atoms with Crippen LogP contribution in [0.3, 0.4) is 0 Å². The van der Waals surface area contributed by atoms with Crippen molar-refractivity contribution in [3.63, 3.8) is 0 Å². The molecule has 0 spiro atoms. The quantitative estimate of drug-likeness (QED) is 0.0581. The molecule has 0 radical (unpaired) electrons. The summed E-state index contributed by atoms with van der Waals surface area (Å²) < 4.78 is 2.47. The summed E-state index contributed by atoms with van der Waals surface area (Å²) in [5, 5.41) is 6.66. The van der Waals surface area contributed by atoms with E-state index < -0.39 is 0 Å². The van der Waals surface area contributed by atoms with E-state index in [-0.39, 0.29) is 5.97 Å². The average molecular weight is 534 g/mol. The summed E-state index contributed by atoms with van der Waals surface area (Å²) in [5.41, 5.74) is 11.3. The van der Waals surface area contributed by atoms with Gasteiger partial charge in [-0.15, -0.1) is 0 Å². The van der Waals surface area contributed by atoms with Crippen LogP contribution < -0.4 is 5.73 Å². The first-order valence-corrected chi connectivity index (χ1v) is 15.5. The van der Waals surface area contributed by atoms with Crippen LogP contribution in [0, 0.1) is 5.92 Å². The maximum Gasteiger partial charge on any atom is 0.331 e. The Bertz CT molecular complexity index is 1210. The third-order valence-electron chi connectivity index (χ3n) is 8.01. The number of carbonyl (C=O) groups excluding carboxylic acids is 1. The van der Waals surface area contributed by atoms with Crippen LogP contribution >= 0.6 is 0 Å². The molecule has 0 aliphatic rings. The van der Waals surface area contributed by atoms with Gasteiger partial charge in [0.05, 0.1) is 5.71 Å². The normalized spacial score (nSPS) is 12.9. The lowest BCUT2D eigenvalue weighted by Crippen LogP contribution is -2.10. The molecule has 214 valence electrons. The first kappa shape index (κ1) is 30.7. The van der Waals surface area contributed by atoms with E-state index in [0.29, 0.717) is 5.92 Å². The summed E-state index contributed by atoms with van der Waals surface area (Å²) >= 11 is 0. The standard InChI is InChI=1S/C34H51N3O2/c1-5-8-10-11-12-13-14-15-16-18-32(36-39-26(4)38)28-19-21-33-30(23-28)31-24-29(35)20-22-34(31)37(33)25-27(7-3)17-9-6-2/h19-24,27H,5-18,25,35H2,1-4H3/b36-32+. The molecule has 1 atom stereocenters. The van der Waals surface area contributed by atoms with Gasteiger partial charge in [0.25, 0.3) is 0 Å². The van der Waals surface area contributed by atoms with E-state index in [1.165, 1.54) is 106 Å². The smallest absolute Gasteiger partial charge is 0.331 e. The van der Waals surface area contributed by atoms with E-state index in [0.717, 1.165) is 36.3 Å². The van der Waals surface area contributed by atoms with Crippen LogP contribution in [0.4, 0.5) is 5.69 Å². The summed E-state index contributed by atoms with van der Waals surface area (Å²) in [7, 11) is 0. The van der Waals surface area contributed by atoms with Crippen molar-refractivity contribution in [2.24, 2.45) is 11.1 Å². The fourth-order valence-electron chi connectivity index (χ4n) is 5.64. The molecular weight excluding hydrogens is 482 g/mol. The first-order chi connectivity index (χ1) is 19.0. The van der Waals surface area contributed by atoms with Crippen molar-refractivity contribution in [3.05, 3.63) is 42.0 Å². The first-order valence-electron chi connectivity index (χ1n) is 15.5. The summed E-state index contributed by atoms with van der Waals surface area (Å²) in [4.78, 5) is 16.7. The van der Waals surface area contributed by atoms with E-state index in [4.69, 9.17) is 10.6 Å². The number of fused-ring (bicyclic) bond motifs is 3. The number of anilines is 1. The molecule has 0 aliphatic carbocycles. The zero-order valence-corrected chi connectivity index (χ0v) is 24.9. The number of oxime groups is 1. The number of nitrogen functional groups attached to an aromatic ring is 1. The number of rotatable bonds is 18. The van der Waals surface area contributed by atoms with Gasteiger partial charge in [0.2, 0.25) is 0 Å². The predicted molar refractivity (Wildman–Crippen MR) is 167 cm³/mol. The Morgan fingerprint density at radius 2 is 1.46 bits per heavy atom. The molecule has 1 unspecified atom stereocenters. The van der Waals surface area contributed by atoms with Crippen molar-refractivity contribution >= 4 is 39.2 Å². The van der Waals surface area contributed by atoms with E-state index in [1.807, 2.05) is 6.07 Å². The van der Waals surface area contributed by atoms with E-state index in [9.17, 15) is 4.79 Å². The zero-order chi connectivity index (χ0) is 28.0. The van der Waals surface area contributed by atoms with Gasteiger partial charge >= 0.3 is 5.97 Å². The molecule has 0 fully saturated rings. The number of hydrogen-bond acceptors (Lipinski definition) is 4. The number of hydrogen-bond donors (Lipinski definition) is 1. The Balaban J connectivity index is 1.83. The van der Waals surface area contributed by atoms with Crippen LogP contribution in [0.2, 0.25) is 0 Å². The summed E-state index contributed by atoms with van der Waals surface area (Å²) in [6.45, 7) is 9.24. The zero-order valence-electron chi connectivity index (χ0n) is 24.9. The molecular formula is C34H51N3O2. The van der Waals surface area contributed by atoms with Crippen LogP contribution in [0.5, 0.6) is 0 Å². The molecule has 1 aromatic heterocycles. The number of aromatic nitrogens is 1. The second-order valence-electron chi connectivity index (χ2n) is 11.2. The second kappa shape index (κ2) is 16.3. The van der Waals surface area contributed by atoms with E-state index >= 15 is 0 Å². The highest BCUT2D eigenvalue weighted by atomic mass is 16.7. The maximum atomic E-state index is 11.6. The monoisotopic (exact) mass is 533 g/mol. The van der Waals surface area contributed by atoms with E-state index in [1.54, 1.807) is 0 Å². The van der Waals surface area contributed by atoms with Gasteiger partial charge in [-0.2, -0.15) is 0 Å². The minimum absolute atomic E-state index is 0.386. The molecule has 3 rings (SSSR count). The lowest BCUT2D eigenvalue weighted by atomic mass is 9.99. The maximum absolute atomic E-state index is 11.6. The number of nitrogens with zero attached hydrogens (tertiary/aromatic N) is 2. The van der Waals surface area contributed by atoms with Gasteiger partial charge in [0, 0.05) is 46.5 Å². The highest BCUT2D eigenvalue weighted by Crippen LogP contribution is 2.33. The van der Waals surface area contributed by atoms with Crippen molar-refractivity contribution in [2.45, 2.75) is 124 Å². The molecule has 0 amide bonds. The Morgan fingerprint density at radius 1 is 0.846 bits per heavy atom. The van der Waals surface area contributed by atoms with Crippen molar-refractivity contribution < 1.29 is 9.63 Å². The van der Waals surface area contributed by atoms with Crippen LogP contribution in [-0.4, -0.2) is 16.2 Å². The van der Waals surface area contributed by atoms with Gasteiger partial charge in [-0.05, 0) is 55.5 Å². The number of benzene rings is 2. The molecule has 5 nitrogen and oxygen atoms in total. The largest absolute Gasteiger partial charge is 0.399 e. The average Bonchev–Trinajstić information content (AvgIpc) is 3.23. The van der Waals surface area contributed by atoms with Crippen LogP contribution in [0.1, 0.15) is 123 Å². The summed E-state index contributed by atoms with van der Waals surface area (Å²) in [5.74, 6) is 0.261. The third-order valence-corrected chi connectivity index (χ3v) is 8.01. The van der Waals surface area contributed by atoms with Crippen LogP contribution in [0.25, 0.3) is 21.8 Å². The lowest BCUT2D eigenvalue weighted by molar-refractivity contribution is -0.140. The molecule has 3 aromatic rings. The van der Waals surface area contributed by atoms with Crippen molar-refractivity contribution in [1.29, 1.82) is 0 Å². The second-order valence-corrected chi connectivity index (χ2v) is 11.2. The highest BCUT2D eigenvalue weighted by molar-refractivity contribution is 6.12. The van der Waals surface area contributed by atoms with Gasteiger partial charge in [0.1, 0.15) is 0 Å². The highest BCUT2D eigenvalue weighted by Gasteiger charge is 2.17. The third kappa shape index (κ3) is 9.12. The molecule has 39 heavy (non-hydrogen) atoms. The van der Waals surface area contributed by atoms with Gasteiger partial charge in [-0.3, -0.25) is 0 Å². The van der Waals surface area contributed by atoms with Crippen molar-refractivity contribution in [2.75, 3.05) is 5.73 Å². The number of nitrogens with two attached hydrogens (primary N) is 1.